The fraction of sp³-hybridized carbons (Fsp3) is 0.200. The highest BCUT2D eigenvalue weighted by atomic mass is 19.1. The van der Waals surface area contributed by atoms with Gasteiger partial charge in [-0.2, -0.15) is 0 Å². The summed E-state index contributed by atoms with van der Waals surface area (Å²) < 4.78 is 12.9. The molecule has 0 aromatic heterocycles. The smallest absolute Gasteiger partial charge is 0.253 e. The predicted octanol–water partition coefficient (Wildman–Crippen LogP) is 3.86. The van der Waals surface area contributed by atoms with E-state index < -0.39 is 0 Å². The monoisotopic (exact) mass is 340 g/mol. The van der Waals surface area contributed by atoms with Crippen LogP contribution in [-0.2, 0) is 4.79 Å². The number of carbonyl (C=O) groups excluding carboxylic acids is 2. The molecule has 0 fully saturated rings. The van der Waals surface area contributed by atoms with E-state index in [0.717, 1.165) is 0 Å². The molecule has 2 aromatic carbocycles. The third kappa shape index (κ3) is 5.88. The molecule has 0 heterocycles. The second-order valence-electron chi connectivity index (χ2n) is 6.02. The van der Waals surface area contributed by atoms with Gasteiger partial charge in [0.1, 0.15) is 5.82 Å². The molecule has 0 saturated heterocycles. The standard InChI is InChI=1S/C20H21FN2O2/c1-14(2)13-22-20(25)17-5-3-4-6-18(17)23-19(24)12-9-15-7-10-16(21)11-8-15/h3-12,14H,13H2,1-2H3,(H,22,25)(H,23,24)/b12-9+. The third-order valence-corrected chi connectivity index (χ3v) is 3.40. The van der Waals surface area contributed by atoms with Crippen molar-refractivity contribution in [3.8, 4) is 0 Å². The summed E-state index contributed by atoms with van der Waals surface area (Å²) in [6.07, 6.45) is 2.92. The number of rotatable bonds is 6. The quantitative estimate of drug-likeness (QED) is 0.785. The molecular formula is C20H21FN2O2. The lowest BCUT2D eigenvalue weighted by Crippen LogP contribution is -2.28. The normalized spacial score (nSPS) is 10.9. The zero-order valence-electron chi connectivity index (χ0n) is 14.3. The molecule has 2 rings (SSSR count). The van der Waals surface area contributed by atoms with Gasteiger partial charge in [0.25, 0.3) is 5.91 Å². The second kappa shape index (κ2) is 8.78. The van der Waals surface area contributed by atoms with Crippen molar-refractivity contribution in [2.75, 3.05) is 11.9 Å². The van der Waals surface area contributed by atoms with Gasteiger partial charge in [-0.25, -0.2) is 4.39 Å². The van der Waals surface area contributed by atoms with Crippen molar-refractivity contribution in [1.82, 2.24) is 5.32 Å². The molecule has 0 saturated carbocycles. The van der Waals surface area contributed by atoms with E-state index in [2.05, 4.69) is 10.6 Å². The van der Waals surface area contributed by atoms with Crippen LogP contribution in [0.5, 0.6) is 0 Å². The van der Waals surface area contributed by atoms with Gasteiger partial charge in [0.15, 0.2) is 0 Å². The molecule has 0 aliphatic heterocycles. The number of nitrogens with one attached hydrogen (secondary N) is 2. The number of carbonyl (C=O) groups is 2. The van der Waals surface area contributed by atoms with Crippen LogP contribution in [0.4, 0.5) is 10.1 Å². The van der Waals surface area contributed by atoms with E-state index in [1.165, 1.54) is 18.2 Å². The van der Waals surface area contributed by atoms with Crippen molar-refractivity contribution < 1.29 is 14.0 Å². The van der Waals surface area contributed by atoms with Gasteiger partial charge in [-0.3, -0.25) is 9.59 Å². The lowest BCUT2D eigenvalue weighted by molar-refractivity contribution is -0.111. The van der Waals surface area contributed by atoms with E-state index in [9.17, 15) is 14.0 Å². The summed E-state index contributed by atoms with van der Waals surface area (Å²) in [6.45, 7) is 4.58. The Morgan fingerprint density at radius 3 is 2.44 bits per heavy atom. The summed E-state index contributed by atoms with van der Waals surface area (Å²) >= 11 is 0. The molecule has 4 nitrogen and oxygen atoms in total. The topological polar surface area (TPSA) is 58.2 Å². The molecule has 0 spiro atoms. The van der Waals surface area contributed by atoms with Gasteiger partial charge in [-0.15, -0.1) is 0 Å². The van der Waals surface area contributed by atoms with Gasteiger partial charge in [0.05, 0.1) is 11.3 Å². The average Bonchev–Trinajstić information content (AvgIpc) is 2.59. The first-order valence-electron chi connectivity index (χ1n) is 8.07. The minimum atomic E-state index is -0.367. The number of hydrogen-bond donors (Lipinski definition) is 2. The van der Waals surface area contributed by atoms with Crippen LogP contribution >= 0.6 is 0 Å². The first-order valence-corrected chi connectivity index (χ1v) is 8.07. The van der Waals surface area contributed by atoms with Crippen molar-refractivity contribution in [2.24, 2.45) is 5.92 Å². The number of anilines is 1. The van der Waals surface area contributed by atoms with Gasteiger partial charge in [-0.05, 0) is 41.8 Å². The minimum Gasteiger partial charge on any atom is -0.352 e. The molecule has 0 aliphatic rings. The van der Waals surface area contributed by atoms with E-state index in [1.807, 2.05) is 13.8 Å². The Morgan fingerprint density at radius 1 is 1.08 bits per heavy atom. The number of amides is 2. The number of halogens is 1. The predicted molar refractivity (Wildman–Crippen MR) is 97.7 cm³/mol. The fourth-order valence-electron chi connectivity index (χ4n) is 2.10. The summed E-state index contributed by atoms with van der Waals surface area (Å²) in [5, 5.41) is 5.53. The number of hydrogen-bond acceptors (Lipinski definition) is 2. The van der Waals surface area contributed by atoms with E-state index >= 15 is 0 Å². The Labute approximate surface area is 146 Å². The number of para-hydroxylation sites is 1. The first-order chi connectivity index (χ1) is 12.0. The maximum Gasteiger partial charge on any atom is 0.253 e. The van der Waals surface area contributed by atoms with E-state index in [4.69, 9.17) is 0 Å². The molecule has 0 atom stereocenters. The molecule has 2 amide bonds. The molecule has 130 valence electrons. The molecule has 2 aromatic rings. The first kappa shape index (κ1) is 18.4. The SMILES string of the molecule is CC(C)CNC(=O)c1ccccc1NC(=O)/C=C/c1ccc(F)cc1. The molecule has 0 bridgehead atoms. The average molecular weight is 340 g/mol. The zero-order valence-corrected chi connectivity index (χ0v) is 14.3. The van der Waals surface area contributed by atoms with E-state index in [-0.39, 0.29) is 17.6 Å². The van der Waals surface area contributed by atoms with Crippen molar-refractivity contribution >= 4 is 23.6 Å². The molecule has 0 radical (unpaired) electrons. The van der Waals surface area contributed by atoms with Crippen LogP contribution in [0.25, 0.3) is 6.08 Å². The van der Waals surface area contributed by atoms with Crippen LogP contribution in [0.2, 0.25) is 0 Å². The van der Waals surface area contributed by atoms with Crippen LogP contribution < -0.4 is 10.6 Å². The molecule has 25 heavy (non-hydrogen) atoms. The molecule has 0 aliphatic carbocycles. The summed E-state index contributed by atoms with van der Waals surface area (Å²) in [5.41, 5.74) is 1.56. The van der Waals surface area contributed by atoms with Gasteiger partial charge in [-0.1, -0.05) is 38.1 Å². The Hall–Kier alpha value is -2.95. The Balaban J connectivity index is 2.05. The molecule has 2 N–H and O–H groups in total. The van der Waals surface area contributed by atoms with Crippen molar-refractivity contribution in [3.63, 3.8) is 0 Å². The molecule has 5 heteroatoms. The lowest BCUT2D eigenvalue weighted by Gasteiger charge is -2.11. The summed E-state index contributed by atoms with van der Waals surface area (Å²) in [4.78, 5) is 24.3. The maximum absolute atomic E-state index is 12.9. The number of benzene rings is 2. The highest BCUT2D eigenvalue weighted by Gasteiger charge is 2.12. The second-order valence-corrected chi connectivity index (χ2v) is 6.02. The van der Waals surface area contributed by atoms with Gasteiger partial charge in [0.2, 0.25) is 5.91 Å². The maximum atomic E-state index is 12.9. The Kier molecular flexibility index (Phi) is 6.46. The van der Waals surface area contributed by atoms with Crippen LogP contribution in [0.1, 0.15) is 29.8 Å². The van der Waals surface area contributed by atoms with Crippen LogP contribution in [0.3, 0.4) is 0 Å². The van der Waals surface area contributed by atoms with Crippen LogP contribution in [0.15, 0.2) is 54.6 Å². The zero-order chi connectivity index (χ0) is 18.2. The van der Waals surface area contributed by atoms with Crippen molar-refractivity contribution in [3.05, 3.63) is 71.6 Å². The minimum absolute atomic E-state index is 0.230. The van der Waals surface area contributed by atoms with Crippen molar-refractivity contribution in [2.45, 2.75) is 13.8 Å². The largest absolute Gasteiger partial charge is 0.352 e. The molecular weight excluding hydrogens is 319 g/mol. The Morgan fingerprint density at radius 2 is 1.76 bits per heavy atom. The highest BCUT2D eigenvalue weighted by molar-refractivity contribution is 6.07. The highest BCUT2D eigenvalue weighted by Crippen LogP contribution is 2.15. The molecule has 0 unspecified atom stereocenters. The van der Waals surface area contributed by atoms with Crippen molar-refractivity contribution in [1.29, 1.82) is 0 Å². The van der Waals surface area contributed by atoms with Crippen LogP contribution in [-0.4, -0.2) is 18.4 Å². The van der Waals surface area contributed by atoms with Gasteiger partial charge < -0.3 is 10.6 Å². The van der Waals surface area contributed by atoms with Gasteiger partial charge >= 0.3 is 0 Å². The third-order valence-electron chi connectivity index (χ3n) is 3.40. The summed E-state index contributed by atoms with van der Waals surface area (Å²) in [6, 6.07) is 12.6. The van der Waals surface area contributed by atoms with Crippen LogP contribution in [0, 0.1) is 11.7 Å². The summed E-state index contributed by atoms with van der Waals surface area (Å²) in [7, 11) is 0. The lowest BCUT2D eigenvalue weighted by atomic mass is 10.1. The fourth-order valence-corrected chi connectivity index (χ4v) is 2.10. The Bertz CT molecular complexity index is 768. The van der Waals surface area contributed by atoms with Gasteiger partial charge in [0, 0.05) is 12.6 Å². The van der Waals surface area contributed by atoms with E-state index in [1.54, 1.807) is 42.5 Å². The van der Waals surface area contributed by atoms with E-state index in [0.29, 0.717) is 29.3 Å². The summed E-state index contributed by atoms with van der Waals surface area (Å²) in [5.74, 6) is -0.590.